The van der Waals surface area contributed by atoms with Gasteiger partial charge in [-0.15, -0.1) is 0 Å². The van der Waals surface area contributed by atoms with Gasteiger partial charge >= 0.3 is 0 Å². The van der Waals surface area contributed by atoms with Gasteiger partial charge in [0.1, 0.15) is 5.82 Å². The molecule has 2 rings (SSSR count). The average Bonchev–Trinajstić information content (AvgIpc) is 2.46. The van der Waals surface area contributed by atoms with Crippen molar-refractivity contribution in [3.8, 4) is 0 Å². The summed E-state index contributed by atoms with van der Waals surface area (Å²) in [7, 11) is 0. The first kappa shape index (κ1) is 15.0. The van der Waals surface area contributed by atoms with Crippen molar-refractivity contribution in [2.24, 2.45) is 0 Å². The first-order valence-electron chi connectivity index (χ1n) is 7.72. The standard InChI is InChI=1S/C15H27N5/c1-5-7-16-15-17-10-12(3)14(18-15)20-9-8-19(6-2)13(4)11-20/h10,13H,5-9,11H2,1-4H3,(H,16,17,18). The molecule has 5 nitrogen and oxygen atoms in total. The Morgan fingerprint density at radius 2 is 2.15 bits per heavy atom. The van der Waals surface area contributed by atoms with Gasteiger partial charge in [0.25, 0.3) is 0 Å². The number of hydrogen-bond acceptors (Lipinski definition) is 5. The highest BCUT2D eigenvalue weighted by molar-refractivity contribution is 5.49. The Kier molecular flexibility index (Phi) is 5.17. The molecule has 5 heteroatoms. The molecule has 0 saturated carbocycles. The maximum Gasteiger partial charge on any atom is 0.224 e. The highest BCUT2D eigenvalue weighted by atomic mass is 15.3. The van der Waals surface area contributed by atoms with E-state index in [0.717, 1.165) is 56.5 Å². The van der Waals surface area contributed by atoms with Crippen LogP contribution in [0.15, 0.2) is 6.20 Å². The van der Waals surface area contributed by atoms with E-state index >= 15 is 0 Å². The van der Waals surface area contributed by atoms with Crippen LogP contribution >= 0.6 is 0 Å². The summed E-state index contributed by atoms with van der Waals surface area (Å²) < 4.78 is 0. The van der Waals surface area contributed by atoms with Crippen LogP contribution in [0.4, 0.5) is 11.8 Å². The van der Waals surface area contributed by atoms with Crippen LogP contribution in [0.3, 0.4) is 0 Å². The topological polar surface area (TPSA) is 44.3 Å². The molecule has 1 aromatic heterocycles. The van der Waals surface area contributed by atoms with E-state index in [1.54, 1.807) is 0 Å². The summed E-state index contributed by atoms with van der Waals surface area (Å²) in [6.07, 6.45) is 3.01. The van der Waals surface area contributed by atoms with E-state index in [4.69, 9.17) is 4.98 Å². The van der Waals surface area contributed by atoms with E-state index in [9.17, 15) is 0 Å². The number of nitrogens with one attached hydrogen (secondary N) is 1. The second-order valence-corrected chi connectivity index (χ2v) is 5.55. The van der Waals surface area contributed by atoms with Crippen LogP contribution in [0.5, 0.6) is 0 Å². The normalized spacial score (nSPS) is 20.2. The third kappa shape index (κ3) is 3.39. The zero-order valence-electron chi connectivity index (χ0n) is 13.2. The van der Waals surface area contributed by atoms with E-state index < -0.39 is 0 Å². The Hall–Kier alpha value is -1.36. The van der Waals surface area contributed by atoms with E-state index in [1.807, 2.05) is 6.20 Å². The molecule has 2 heterocycles. The summed E-state index contributed by atoms with van der Waals surface area (Å²) in [4.78, 5) is 14.0. The van der Waals surface area contributed by atoms with Crippen molar-refractivity contribution in [1.82, 2.24) is 14.9 Å². The minimum absolute atomic E-state index is 0.579. The third-order valence-corrected chi connectivity index (χ3v) is 3.95. The maximum atomic E-state index is 4.70. The maximum absolute atomic E-state index is 4.70. The largest absolute Gasteiger partial charge is 0.354 e. The van der Waals surface area contributed by atoms with Crippen LogP contribution in [0.1, 0.15) is 32.8 Å². The summed E-state index contributed by atoms with van der Waals surface area (Å²) in [6.45, 7) is 14.0. The van der Waals surface area contributed by atoms with E-state index in [0.29, 0.717) is 6.04 Å². The Morgan fingerprint density at radius 3 is 2.80 bits per heavy atom. The number of likely N-dealkylation sites (N-methyl/N-ethyl adjacent to an activating group) is 1. The fourth-order valence-electron chi connectivity index (χ4n) is 2.73. The smallest absolute Gasteiger partial charge is 0.224 e. The van der Waals surface area contributed by atoms with Crippen LogP contribution in [-0.2, 0) is 0 Å². The molecule has 1 atom stereocenters. The summed E-state index contributed by atoms with van der Waals surface area (Å²) in [5.74, 6) is 1.83. The Morgan fingerprint density at radius 1 is 1.35 bits per heavy atom. The molecule has 0 radical (unpaired) electrons. The van der Waals surface area contributed by atoms with Crippen molar-refractivity contribution >= 4 is 11.8 Å². The Bertz CT molecular complexity index is 434. The molecular weight excluding hydrogens is 250 g/mol. The first-order valence-corrected chi connectivity index (χ1v) is 7.72. The van der Waals surface area contributed by atoms with Crippen LogP contribution in [-0.4, -0.2) is 53.6 Å². The lowest BCUT2D eigenvalue weighted by Crippen LogP contribution is -2.52. The van der Waals surface area contributed by atoms with Gasteiger partial charge in [-0.2, -0.15) is 4.98 Å². The summed E-state index contributed by atoms with van der Waals surface area (Å²) >= 11 is 0. The second-order valence-electron chi connectivity index (χ2n) is 5.55. The number of aryl methyl sites for hydroxylation is 1. The lowest BCUT2D eigenvalue weighted by atomic mass is 10.2. The molecule has 112 valence electrons. The van der Waals surface area contributed by atoms with Crippen LogP contribution in [0, 0.1) is 6.92 Å². The molecule has 0 amide bonds. The summed E-state index contributed by atoms with van der Waals surface area (Å²) in [5.41, 5.74) is 1.16. The van der Waals surface area contributed by atoms with Gasteiger partial charge in [0, 0.05) is 44.0 Å². The van der Waals surface area contributed by atoms with Crippen molar-refractivity contribution in [2.75, 3.05) is 42.9 Å². The molecule has 0 spiro atoms. The zero-order valence-corrected chi connectivity index (χ0v) is 13.2. The molecule has 1 N–H and O–H groups in total. The van der Waals surface area contributed by atoms with Crippen molar-refractivity contribution in [3.05, 3.63) is 11.8 Å². The van der Waals surface area contributed by atoms with Crippen LogP contribution < -0.4 is 10.2 Å². The molecule has 20 heavy (non-hydrogen) atoms. The zero-order chi connectivity index (χ0) is 14.5. The lowest BCUT2D eigenvalue weighted by Gasteiger charge is -2.40. The highest BCUT2D eigenvalue weighted by Gasteiger charge is 2.24. The van der Waals surface area contributed by atoms with Crippen molar-refractivity contribution in [1.29, 1.82) is 0 Å². The van der Waals surface area contributed by atoms with Crippen molar-refractivity contribution in [3.63, 3.8) is 0 Å². The quantitative estimate of drug-likeness (QED) is 0.893. The third-order valence-electron chi connectivity index (χ3n) is 3.95. The van der Waals surface area contributed by atoms with Crippen LogP contribution in [0.25, 0.3) is 0 Å². The van der Waals surface area contributed by atoms with Gasteiger partial charge in [0.2, 0.25) is 5.95 Å². The molecule has 0 aliphatic carbocycles. The van der Waals surface area contributed by atoms with Gasteiger partial charge in [-0.3, -0.25) is 4.90 Å². The fourth-order valence-corrected chi connectivity index (χ4v) is 2.73. The number of anilines is 2. The second kappa shape index (κ2) is 6.88. The number of rotatable bonds is 5. The molecule has 1 aromatic rings. The molecule has 0 aromatic carbocycles. The number of aromatic nitrogens is 2. The monoisotopic (exact) mass is 277 g/mol. The predicted octanol–water partition coefficient (Wildman–Crippen LogP) is 2.14. The van der Waals surface area contributed by atoms with E-state index in [-0.39, 0.29) is 0 Å². The average molecular weight is 277 g/mol. The number of piperazine rings is 1. The van der Waals surface area contributed by atoms with Gasteiger partial charge in [-0.25, -0.2) is 4.98 Å². The van der Waals surface area contributed by atoms with Crippen LogP contribution in [0.2, 0.25) is 0 Å². The predicted molar refractivity (Wildman–Crippen MR) is 84.5 cm³/mol. The van der Waals surface area contributed by atoms with Crippen molar-refractivity contribution < 1.29 is 0 Å². The van der Waals surface area contributed by atoms with Gasteiger partial charge < -0.3 is 10.2 Å². The highest BCUT2D eigenvalue weighted by Crippen LogP contribution is 2.21. The van der Waals surface area contributed by atoms with Gasteiger partial charge in [-0.1, -0.05) is 13.8 Å². The van der Waals surface area contributed by atoms with Gasteiger partial charge in [0.05, 0.1) is 0 Å². The Labute approximate surface area is 122 Å². The van der Waals surface area contributed by atoms with Crippen molar-refractivity contribution in [2.45, 2.75) is 40.2 Å². The first-order chi connectivity index (χ1) is 9.65. The lowest BCUT2D eigenvalue weighted by molar-refractivity contribution is 0.199. The number of hydrogen-bond donors (Lipinski definition) is 1. The summed E-state index contributed by atoms with van der Waals surface area (Å²) in [6, 6.07) is 0.579. The van der Waals surface area contributed by atoms with Gasteiger partial charge in [-0.05, 0) is 26.8 Å². The van der Waals surface area contributed by atoms with E-state index in [1.165, 1.54) is 0 Å². The minimum Gasteiger partial charge on any atom is -0.354 e. The Balaban J connectivity index is 2.11. The minimum atomic E-state index is 0.579. The summed E-state index contributed by atoms with van der Waals surface area (Å²) in [5, 5.41) is 3.27. The molecule has 1 fully saturated rings. The molecular formula is C15H27N5. The molecule has 1 saturated heterocycles. The molecule has 1 aliphatic heterocycles. The fraction of sp³-hybridized carbons (Fsp3) is 0.733. The van der Waals surface area contributed by atoms with E-state index in [2.05, 4.69) is 47.8 Å². The number of nitrogens with zero attached hydrogens (tertiary/aromatic N) is 4. The molecule has 1 unspecified atom stereocenters. The molecule has 0 bridgehead atoms. The molecule has 1 aliphatic rings. The van der Waals surface area contributed by atoms with Gasteiger partial charge in [0.15, 0.2) is 0 Å². The SMILES string of the molecule is CCCNc1ncc(C)c(N2CCN(CC)C(C)C2)n1.